The van der Waals surface area contributed by atoms with Crippen molar-refractivity contribution in [1.82, 2.24) is 14.9 Å². The largest absolute Gasteiger partial charge is 0.497 e. The Kier molecular flexibility index (Phi) is 5.71. The third-order valence-corrected chi connectivity index (χ3v) is 6.25. The van der Waals surface area contributed by atoms with Crippen LogP contribution in [0.1, 0.15) is 16.8 Å². The van der Waals surface area contributed by atoms with Crippen molar-refractivity contribution in [3.63, 3.8) is 0 Å². The van der Waals surface area contributed by atoms with E-state index in [1.165, 1.54) is 22.5 Å². The van der Waals surface area contributed by atoms with Gasteiger partial charge in [-0.25, -0.2) is 9.97 Å². The minimum absolute atomic E-state index is 0.884. The van der Waals surface area contributed by atoms with E-state index in [1.807, 2.05) is 18.3 Å². The molecule has 1 aromatic heterocycles. The monoisotopic (exact) mass is 415 g/mol. The number of hydrogen-bond acceptors (Lipinski definition) is 6. The number of aromatic nitrogens is 2. The van der Waals surface area contributed by atoms with E-state index in [4.69, 9.17) is 14.7 Å². The molecule has 1 fully saturated rings. The molecule has 1 saturated heterocycles. The molecule has 0 aliphatic carbocycles. The first-order valence-corrected chi connectivity index (χ1v) is 11.0. The molecule has 5 rings (SSSR count). The average Bonchev–Trinajstić information content (AvgIpc) is 2.85. The van der Waals surface area contributed by atoms with E-state index in [2.05, 4.69) is 57.2 Å². The lowest BCUT2D eigenvalue weighted by Gasteiger charge is -2.36. The predicted octanol–water partition coefficient (Wildman–Crippen LogP) is 3.37. The molecule has 2 aliphatic heterocycles. The predicted molar refractivity (Wildman–Crippen MR) is 124 cm³/mol. The van der Waals surface area contributed by atoms with Gasteiger partial charge in [0.25, 0.3) is 0 Å². The molecule has 0 unspecified atom stereocenters. The fourth-order valence-electron chi connectivity index (χ4n) is 4.44. The molecule has 6 nitrogen and oxygen atoms in total. The summed E-state index contributed by atoms with van der Waals surface area (Å²) in [6.07, 6.45) is 3.02. The van der Waals surface area contributed by atoms with Gasteiger partial charge in [-0.05, 0) is 29.8 Å². The van der Waals surface area contributed by atoms with Crippen LogP contribution in [-0.2, 0) is 19.5 Å². The summed E-state index contributed by atoms with van der Waals surface area (Å²) in [5.41, 5.74) is 5.07. The molecule has 6 heteroatoms. The Morgan fingerprint density at radius 2 is 1.61 bits per heavy atom. The number of ether oxygens (including phenoxy) is 1. The number of methoxy groups -OCH3 is 1. The molecule has 0 atom stereocenters. The van der Waals surface area contributed by atoms with Crippen LogP contribution in [0.5, 0.6) is 5.75 Å². The Morgan fingerprint density at radius 3 is 2.35 bits per heavy atom. The molecule has 31 heavy (non-hydrogen) atoms. The van der Waals surface area contributed by atoms with E-state index in [0.29, 0.717) is 0 Å². The highest BCUT2D eigenvalue weighted by molar-refractivity contribution is 5.48. The molecule has 0 radical (unpaired) electrons. The molecule has 0 saturated carbocycles. The second kappa shape index (κ2) is 8.94. The average molecular weight is 416 g/mol. The molecule has 0 N–H and O–H groups in total. The van der Waals surface area contributed by atoms with Gasteiger partial charge in [0.05, 0.1) is 12.8 Å². The van der Waals surface area contributed by atoms with Crippen LogP contribution in [0.3, 0.4) is 0 Å². The summed E-state index contributed by atoms with van der Waals surface area (Å²) < 4.78 is 5.26. The zero-order chi connectivity index (χ0) is 21.0. The van der Waals surface area contributed by atoms with Crippen molar-refractivity contribution in [1.29, 1.82) is 0 Å². The zero-order valence-electron chi connectivity index (χ0n) is 18.1. The van der Waals surface area contributed by atoms with Crippen molar-refractivity contribution in [3.8, 4) is 5.75 Å². The van der Waals surface area contributed by atoms with E-state index in [0.717, 1.165) is 63.9 Å². The molecule has 0 amide bonds. The van der Waals surface area contributed by atoms with Crippen molar-refractivity contribution in [2.24, 2.45) is 0 Å². The maximum Gasteiger partial charge on any atom is 0.225 e. The van der Waals surface area contributed by atoms with Gasteiger partial charge < -0.3 is 14.5 Å². The molecule has 2 aliphatic rings. The Morgan fingerprint density at radius 1 is 0.871 bits per heavy atom. The summed E-state index contributed by atoms with van der Waals surface area (Å²) >= 11 is 0. The first kappa shape index (κ1) is 19.8. The van der Waals surface area contributed by atoms with E-state index >= 15 is 0 Å². The Hall–Kier alpha value is -3.12. The first-order chi connectivity index (χ1) is 15.3. The van der Waals surface area contributed by atoms with Crippen molar-refractivity contribution in [2.75, 3.05) is 49.6 Å². The van der Waals surface area contributed by atoms with Gasteiger partial charge in [-0.3, -0.25) is 4.90 Å². The van der Waals surface area contributed by atoms with Gasteiger partial charge in [-0.2, -0.15) is 0 Å². The van der Waals surface area contributed by atoms with Crippen LogP contribution in [0, 0.1) is 0 Å². The molecule has 0 spiro atoms. The van der Waals surface area contributed by atoms with E-state index in [9.17, 15) is 0 Å². The number of fused-ring (bicyclic) bond motifs is 1. The SMILES string of the molecule is COc1ccc(CN2CCc3nc(N4CCN(c5ccccc5)CC4)ncc3C2)cc1. The number of benzene rings is 2. The number of rotatable bonds is 5. The van der Waals surface area contributed by atoms with Crippen LogP contribution in [0.25, 0.3) is 0 Å². The van der Waals surface area contributed by atoms with Crippen LogP contribution in [-0.4, -0.2) is 54.7 Å². The lowest BCUT2D eigenvalue weighted by molar-refractivity contribution is 0.243. The highest BCUT2D eigenvalue weighted by atomic mass is 16.5. The van der Waals surface area contributed by atoms with E-state index in [1.54, 1.807) is 7.11 Å². The molecule has 2 aromatic carbocycles. The lowest BCUT2D eigenvalue weighted by atomic mass is 10.1. The summed E-state index contributed by atoms with van der Waals surface area (Å²) in [6.45, 7) is 6.78. The number of piperazine rings is 1. The van der Waals surface area contributed by atoms with Gasteiger partial charge in [0, 0.05) is 69.7 Å². The Labute approximate surface area is 184 Å². The Balaban J connectivity index is 1.20. The third-order valence-electron chi connectivity index (χ3n) is 6.25. The summed E-state index contributed by atoms with van der Waals surface area (Å²) in [7, 11) is 1.70. The van der Waals surface area contributed by atoms with Gasteiger partial charge >= 0.3 is 0 Å². The molecular weight excluding hydrogens is 386 g/mol. The maximum absolute atomic E-state index is 5.26. The standard InChI is InChI=1S/C25H29N5O/c1-31-23-9-7-20(8-10-23)18-28-12-11-24-21(19-28)17-26-25(27-24)30-15-13-29(14-16-30)22-5-3-2-4-6-22/h2-10,17H,11-16,18-19H2,1H3. The van der Waals surface area contributed by atoms with Gasteiger partial charge in [0.2, 0.25) is 5.95 Å². The molecule has 3 aromatic rings. The summed E-state index contributed by atoms with van der Waals surface area (Å²) in [5.74, 6) is 1.79. The van der Waals surface area contributed by atoms with Gasteiger partial charge in [-0.1, -0.05) is 30.3 Å². The highest BCUT2D eigenvalue weighted by Gasteiger charge is 2.23. The molecule has 160 valence electrons. The highest BCUT2D eigenvalue weighted by Crippen LogP contribution is 2.23. The summed E-state index contributed by atoms with van der Waals surface area (Å²) in [4.78, 5) is 16.9. The first-order valence-electron chi connectivity index (χ1n) is 11.0. The Bertz CT molecular complexity index is 1000. The van der Waals surface area contributed by atoms with E-state index < -0.39 is 0 Å². The van der Waals surface area contributed by atoms with Crippen molar-refractivity contribution >= 4 is 11.6 Å². The van der Waals surface area contributed by atoms with Crippen LogP contribution in [0.2, 0.25) is 0 Å². The van der Waals surface area contributed by atoms with Crippen LogP contribution < -0.4 is 14.5 Å². The third kappa shape index (κ3) is 4.49. The van der Waals surface area contributed by atoms with Crippen LogP contribution >= 0.6 is 0 Å². The fraction of sp³-hybridized carbons (Fsp3) is 0.360. The smallest absolute Gasteiger partial charge is 0.225 e. The summed E-state index contributed by atoms with van der Waals surface area (Å²) in [5, 5.41) is 0. The number of hydrogen-bond donors (Lipinski definition) is 0. The van der Waals surface area contributed by atoms with Crippen molar-refractivity contribution in [3.05, 3.63) is 77.6 Å². The van der Waals surface area contributed by atoms with Gasteiger partial charge in [0.15, 0.2) is 0 Å². The topological polar surface area (TPSA) is 44.7 Å². The second-order valence-corrected chi connectivity index (χ2v) is 8.26. The minimum Gasteiger partial charge on any atom is -0.497 e. The van der Waals surface area contributed by atoms with Crippen LogP contribution in [0.15, 0.2) is 60.8 Å². The number of nitrogens with zero attached hydrogens (tertiary/aromatic N) is 5. The van der Waals surface area contributed by atoms with E-state index in [-0.39, 0.29) is 0 Å². The molecule has 0 bridgehead atoms. The maximum atomic E-state index is 5.26. The molecular formula is C25H29N5O. The number of anilines is 2. The lowest BCUT2D eigenvalue weighted by Crippen LogP contribution is -2.47. The van der Waals surface area contributed by atoms with Crippen molar-refractivity contribution in [2.45, 2.75) is 19.5 Å². The minimum atomic E-state index is 0.884. The number of para-hydroxylation sites is 1. The van der Waals surface area contributed by atoms with Gasteiger partial charge in [-0.15, -0.1) is 0 Å². The fourth-order valence-corrected chi connectivity index (χ4v) is 4.44. The quantitative estimate of drug-likeness (QED) is 0.637. The zero-order valence-corrected chi connectivity index (χ0v) is 18.1. The van der Waals surface area contributed by atoms with Crippen molar-refractivity contribution < 1.29 is 4.74 Å². The normalized spacial score (nSPS) is 16.8. The summed E-state index contributed by atoms with van der Waals surface area (Å²) in [6, 6.07) is 19.0. The van der Waals surface area contributed by atoms with Crippen LogP contribution in [0.4, 0.5) is 11.6 Å². The van der Waals surface area contributed by atoms with Gasteiger partial charge in [0.1, 0.15) is 5.75 Å². The molecule has 3 heterocycles. The second-order valence-electron chi connectivity index (χ2n) is 8.26.